The number of carbonyl (C=O) groups is 1. The molecule has 1 aliphatic rings. The lowest BCUT2D eigenvalue weighted by molar-refractivity contribution is 0.0320. The number of aromatic amines is 1. The predicted octanol–water partition coefficient (Wildman–Crippen LogP) is 2.59. The Morgan fingerprint density at radius 3 is 2.77 bits per heavy atom. The number of hydrogen-bond acceptors (Lipinski definition) is 5. The summed E-state index contributed by atoms with van der Waals surface area (Å²) in [4.78, 5) is 21.5. The number of carbonyl (C=O) groups excluding carboxylic acids is 1. The Morgan fingerprint density at radius 2 is 2.00 bits per heavy atom. The van der Waals surface area contributed by atoms with Gasteiger partial charge in [-0.25, -0.2) is 9.37 Å². The lowest BCUT2D eigenvalue weighted by atomic mass is 10.1. The standard InChI is InChI=1S/C22H24FN5O2/c23-20-7-2-1-4-19(20)15-28(9-8-27-10-12-30-13-11-27)22(29)18-6-3-5-17(14-18)21-24-16-25-26-21/h1-7,14,16H,8-13,15H2,(H,24,25,26). The number of rotatable bonds is 7. The van der Waals surface area contributed by atoms with Crippen molar-refractivity contribution in [2.45, 2.75) is 6.54 Å². The highest BCUT2D eigenvalue weighted by atomic mass is 19.1. The van der Waals surface area contributed by atoms with Crippen LogP contribution in [0.5, 0.6) is 0 Å². The minimum Gasteiger partial charge on any atom is -0.379 e. The molecule has 1 amide bonds. The lowest BCUT2D eigenvalue weighted by Crippen LogP contribution is -2.43. The van der Waals surface area contributed by atoms with Gasteiger partial charge in [-0.1, -0.05) is 30.3 Å². The van der Waals surface area contributed by atoms with E-state index in [4.69, 9.17) is 4.74 Å². The van der Waals surface area contributed by atoms with Gasteiger partial charge >= 0.3 is 0 Å². The van der Waals surface area contributed by atoms with E-state index >= 15 is 0 Å². The van der Waals surface area contributed by atoms with Gasteiger partial charge in [0.15, 0.2) is 5.82 Å². The van der Waals surface area contributed by atoms with Gasteiger partial charge in [0, 0.05) is 49.4 Å². The number of nitrogens with zero attached hydrogens (tertiary/aromatic N) is 4. The van der Waals surface area contributed by atoms with Crippen molar-refractivity contribution in [3.63, 3.8) is 0 Å². The maximum Gasteiger partial charge on any atom is 0.254 e. The van der Waals surface area contributed by atoms with Crippen molar-refractivity contribution in [2.75, 3.05) is 39.4 Å². The molecule has 30 heavy (non-hydrogen) atoms. The van der Waals surface area contributed by atoms with E-state index in [0.717, 1.165) is 18.7 Å². The van der Waals surface area contributed by atoms with Crippen molar-refractivity contribution in [3.8, 4) is 11.4 Å². The zero-order chi connectivity index (χ0) is 20.8. The van der Waals surface area contributed by atoms with E-state index in [2.05, 4.69) is 20.1 Å². The van der Waals surface area contributed by atoms with Crippen LogP contribution in [-0.2, 0) is 11.3 Å². The number of ether oxygens (including phenoxy) is 1. The fourth-order valence-electron chi connectivity index (χ4n) is 3.50. The summed E-state index contributed by atoms with van der Waals surface area (Å²) >= 11 is 0. The van der Waals surface area contributed by atoms with Gasteiger partial charge in [0.1, 0.15) is 12.1 Å². The summed E-state index contributed by atoms with van der Waals surface area (Å²) < 4.78 is 19.7. The summed E-state index contributed by atoms with van der Waals surface area (Å²) in [6.45, 7) is 4.49. The van der Waals surface area contributed by atoms with Crippen LogP contribution in [0, 0.1) is 5.82 Å². The van der Waals surface area contributed by atoms with Gasteiger partial charge in [-0.05, 0) is 18.2 Å². The van der Waals surface area contributed by atoms with Crippen LogP contribution in [0.4, 0.5) is 4.39 Å². The molecule has 156 valence electrons. The number of H-pyrrole nitrogens is 1. The van der Waals surface area contributed by atoms with E-state index in [0.29, 0.717) is 43.3 Å². The zero-order valence-corrected chi connectivity index (χ0v) is 16.6. The number of hydrogen-bond donors (Lipinski definition) is 1. The van der Waals surface area contributed by atoms with Crippen LogP contribution in [0.15, 0.2) is 54.9 Å². The molecule has 1 N–H and O–H groups in total. The Hall–Kier alpha value is -3.10. The highest BCUT2D eigenvalue weighted by molar-refractivity contribution is 5.95. The first-order valence-corrected chi connectivity index (χ1v) is 9.99. The third-order valence-electron chi connectivity index (χ3n) is 5.19. The summed E-state index contributed by atoms with van der Waals surface area (Å²) in [5.74, 6) is 0.142. The van der Waals surface area contributed by atoms with E-state index in [1.807, 2.05) is 12.1 Å². The average Bonchev–Trinajstić information content (AvgIpc) is 3.33. The third-order valence-corrected chi connectivity index (χ3v) is 5.19. The molecule has 0 bridgehead atoms. The molecule has 1 aliphatic heterocycles. The molecule has 8 heteroatoms. The SMILES string of the molecule is O=C(c1cccc(-c2ncn[nH]2)c1)N(CCN1CCOCC1)Cc1ccccc1F. The topological polar surface area (TPSA) is 74.4 Å². The van der Waals surface area contributed by atoms with E-state index in [-0.39, 0.29) is 18.3 Å². The molecule has 0 radical (unpaired) electrons. The number of nitrogens with one attached hydrogen (secondary N) is 1. The highest BCUT2D eigenvalue weighted by Gasteiger charge is 2.20. The molecule has 0 unspecified atom stereocenters. The molecule has 0 atom stereocenters. The fraction of sp³-hybridized carbons (Fsp3) is 0.318. The van der Waals surface area contributed by atoms with Gasteiger partial charge < -0.3 is 9.64 Å². The van der Waals surface area contributed by atoms with Gasteiger partial charge in [0.05, 0.1) is 13.2 Å². The Balaban J connectivity index is 1.55. The largest absolute Gasteiger partial charge is 0.379 e. The van der Waals surface area contributed by atoms with Gasteiger partial charge in [-0.2, -0.15) is 5.10 Å². The Morgan fingerprint density at radius 1 is 1.17 bits per heavy atom. The third kappa shape index (κ3) is 4.90. The van der Waals surface area contributed by atoms with E-state index in [1.165, 1.54) is 12.4 Å². The monoisotopic (exact) mass is 409 g/mol. The van der Waals surface area contributed by atoms with Crippen LogP contribution >= 0.6 is 0 Å². The minimum absolute atomic E-state index is 0.145. The van der Waals surface area contributed by atoms with Crippen LogP contribution in [0.3, 0.4) is 0 Å². The van der Waals surface area contributed by atoms with E-state index in [9.17, 15) is 9.18 Å². The average molecular weight is 409 g/mol. The van der Waals surface area contributed by atoms with Crippen molar-refractivity contribution in [1.82, 2.24) is 25.0 Å². The maximum atomic E-state index is 14.3. The van der Waals surface area contributed by atoms with Crippen molar-refractivity contribution in [2.24, 2.45) is 0 Å². The van der Waals surface area contributed by atoms with Gasteiger partial charge in [-0.15, -0.1) is 0 Å². The van der Waals surface area contributed by atoms with Crippen molar-refractivity contribution >= 4 is 5.91 Å². The molecule has 0 spiro atoms. The Labute approximate surface area is 174 Å². The number of halogens is 1. The van der Waals surface area contributed by atoms with E-state index in [1.54, 1.807) is 35.2 Å². The van der Waals surface area contributed by atoms with E-state index < -0.39 is 0 Å². The molecule has 2 aromatic carbocycles. The summed E-state index contributed by atoms with van der Waals surface area (Å²) in [6, 6.07) is 13.8. The highest BCUT2D eigenvalue weighted by Crippen LogP contribution is 2.18. The van der Waals surface area contributed by atoms with Crippen LogP contribution in [0.25, 0.3) is 11.4 Å². The van der Waals surface area contributed by atoms with Crippen molar-refractivity contribution in [1.29, 1.82) is 0 Å². The summed E-state index contributed by atoms with van der Waals surface area (Å²) in [7, 11) is 0. The summed E-state index contributed by atoms with van der Waals surface area (Å²) in [6.07, 6.45) is 1.43. The molecular formula is C22H24FN5O2. The fourth-order valence-corrected chi connectivity index (χ4v) is 3.50. The first kappa shape index (κ1) is 20.2. The van der Waals surface area contributed by atoms with Crippen LogP contribution in [0.2, 0.25) is 0 Å². The second kappa shape index (κ2) is 9.60. The minimum atomic E-state index is -0.308. The molecule has 0 aliphatic carbocycles. The molecule has 0 saturated carbocycles. The Kier molecular flexibility index (Phi) is 6.46. The summed E-state index contributed by atoms with van der Waals surface area (Å²) in [5, 5.41) is 6.68. The molecule has 2 heterocycles. The molecule has 4 rings (SSSR count). The molecule has 1 fully saturated rings. The van der Waals surface area contributed by atoms with Crippen LogP contribution in [-0.4, -0.2) is 70.3 Å². The molecular weight excluding hydrogens is 385 g/mol. The maximum absolute atomic E-state index is 14.3. The first-order valence-electron chi connectivity index (χ1n) is 9.99. The smallest absolute Gasteiger partial charge is 0.254 e. The normalized spacial score (nSPS) is 14.6. The second-order valence-electron chi connectivity index (χ2n) is 7.19. The lowest BCUT2D eigenvalue weighted by Gasteiger charge is -2.30. The molecule has 3 aromatic rings. The predicted molar refractivity (Wildman–Crippen MR) is 110 cm³/mol. The first-order chi connectivity index (χ1) is 14.7. The van der Waals surface area contributed by atoms with Crippen LogP contribution in [0.1, 0.15) is 15.9 Å². The molecule has 1 saturated heterocycles. The Bertz CT molecular complexity index is 973. The molecule has 1 aromatic heterocycles. The quantitative estimate of drug-likeness (QED) is 0.649. The van der Waals surface area contributed by atoms with Crippen molar-refractivity contribution in [3.05, 3.63) is 71.8 Å². The zero-order valence-electron chi connectivity index (χ0n) is 16.6. The van der Waals surface area contributed by atoms with Crippen molar-refractivity contribution < 1.29 is 13.9 Å². The van der Waals surface area contributed by atoms with Gasteiger partial charge in [0.25, 0.3) is 5.91 Å². The number of benzene rings is 2. The van der Waals surface area contributed by atoms with Gasteiger partial charge in [-0.3, -0.25) is 14.8 Å². The van der Waals surface area contributed by atoms with Gasteiger partial charge in [0.2, 0.25) is 0 Å². The second-order valence-corrected chi connectivity index (χ2v) is 7.19. The molecule has 7 nitrogen and oxygen atoms in total. The number of amides is 1. The number of morpholine rings is 1. The van der Waals surface area contributed by atoms with Crippen LogP contribution < -0.4 is 0 Å². The number of aromatic nitrogens is 3. The summed E-state index contributed by atoms with van der Waals surface area (Å²) in [5.41, 5.74) is 1.80.